The van der Waals surface area contributed by atoms with E-state index in [1.54, 1.807) is 6.07 Å². The molecule has 1 aromatic heterocycles. The number of H-pyrrole nitrogens is 1. The first-order valence-electron chi connectivity index (χ1n) is 11.4. The predicted molar refractivity (Wildman–Crippen MR) is 131 cm³/mol. The SMILES string of the molecule is CCS(=O)N1CCC(c2c[nH]c3c(C(N)=O)cc(OCCOCc4ccccc4)cc23)CC1. The lowest BCUT2D eigenvalue weighted by Crippen LogP contribution is -2.35. The van der Waals surface area contributed by atoms with Crippen LogP contribution in [0.15, 0.2) is 48.7 Å². The summed E-state index contributed by atoms with van der Waals surface area (Å²) in [5.41, 5.74) is 9.09. The first-order valence-corrected chi connectivity index (χ1v) is 12.7. The van der Waals surface area contributed by atoms with Gasteiger partial charge in [-0.25, -0.2) is 8.51 Å². The van der Waals surface area contributed by atoms with Gasteiger partial charge in [0, 0.05) is 30.4 Å². The monoisotopic (exact) mass is 469 g/mol. The number of amides is 1. The maximum absolute atomic E-state index is 12.1. The molecule has 176 valence electrons. The van der Waals surface area contributed by atoms with Crippen molar-refractivity contribution in [3.8, 4) is 5.75 Å². The van der Waals surface area contributed by atoms with Crippen molar-refractivity contribution in [2.24, 2.45) is 5.73 Å². The average molecular weight is 470 g/mol. The average Bonchev–Trinajstić information content (AvgIpc) is 3.27. The molecule has 1 saturated heterocycles. The van der Waals surface area contributed by atoms with Gasteiger partial charge in [0.1, 0.15) is 12.4 Å². The van der Waals surface area contributed by atoms with Crippen molar-refractivity contribution in [1.29, 1.82) is 0 Å². The molecule has 1 aliphatic rings. The molecule has 0 aliphatic carbocycles. The Bertz CT molecular complexity index is 1110. The highest BCUT2D eigenvalue weighted by Crippen LogP contribution is 2.36. The third kappa shape index (κ3) is 5.63. The first kappa shape index (κ1) is 23.5. The molecule has 1 aliphatic heterocycles. The fraction of sp³-hybridized carbons (Fsp3) is 0.400. The Labute approximate surface area is 196 Å². The van der Waals surface area contributed by atoms with E-state index in [4.69, 9.17) is 15.2 Å². The minimum absolute atomic E-state index is 0.328. The summed E-state index contributed by atoms with van der Waals surface area (Å²) in [4.78, 5) is 15.4. The fourth-order valence-corrected chi connectivity index (χ4v) is 5.36. The molecule has 1 atom stereocenters. The molecule has 1 unspecified atom stereocenters. The van der Waals surface area contributed by atoms with Crippen molar-refractivity contribution < 1.29 is 18.5 Å². The van der Waals surface area contributed by atoms with E-state index in [0.717, 1.165) is 48.0 Å². The fourth-order valence-electron chi connectivity index (χ4n) is 4.38. The van der Waals surface area contributed by atoms with Crippen molar-refractivity contribution >= 4 is 27.8 Å². The molecule has 0 radical (unpaired) electrons. The minimum atomic E-state index is -0.901. The molecular weight excluding hydrogens is 438 g/mol. The normalized spacial score (nSPS) is 16.2. The van der Waals surface area contributed by atoms with Crippen LogP contribution in [0.4, 0.5) is 0 Å². The van der Waals surface area contributed by atoms with Crippen LogP contribution in [0, 0.1) is 0 Å². The Balaban J connectivity index is 1.44. The predicted octanol–water partition coefficient (Wildman–Crippen LogP) is 3.73. The van der Waals surface area contributed by atoms with Crippen molar-refractivity contribution in [1.82, 2.24) is 9.29 Å². The summed E-state index contributed by atoms with van der Waals surface area (Å²) in [5.74, 6) is 1.08. The molecule has 0 spiro atoms. The van der Waals surface area contributed by atoms with Gasteiger partial charge in [-0.05, 0) is 42.0 Å². The standard InChI is InChI=1S/C25H31N3O4S/c1-2-33(30)28-10-8-19(9-11-28)23-16-27-24-21(23)14-20(15-22(24)25(26)29)32-13-12-31-17-18-6-4-3-5-7-18/h3-7,14-16,19,27H,2,8-13,17H2,1H3,(H2,26,29). The first-order chi connectivity index (χ1) is 16.1. The molecule has 7 nitrogen and oxygen atoms in total. The van der Waals surface area contributed by atoms with Crippen LogP contribution in [0.25, 0.3) is 10.9 Å². The summed E-state index contributed by atoms with van der Waals surface area (Å²) in [7, 11) is -0.901. The van der Waals surface area contributed by atoms with Gasteiger partial charge in [0.25, 0.3) is 5.91 Å². The molecule has 3 aromatic rings. The zero-order valence-corrected chi connectivity index (χ0v) is 19.7. The highest BCUT2D eigenvalue weighted by atomic mass is 32.2. The lowest BCUT2D eigenvalue weighted by atomic mass is 9.89. The van der Waals surface area contributed by atoms with Gasteiger partial charge >= 0.3 is 0 Å². The number of ether oxygens (including phenoxy) is 2. The number of benzene rings is 2. The second-order valence-electron chi connectivity index (χ2n) is 8.20. The van der Waals surface area contributed by atoms with Gasteiger partial charge in [-0.3, -0.25) is 4.79 Å². The van der Waals surface area contributed by atoms with Crippen LogP contribution in [0.3, 0.4) is 0 Å². The summed E-state index contributed by atoms with van der Waals surface area (Å²) in [6.07, 6.45) is 3.81. The zero-order valence-electron chi connectivity index (χ0n) is 18.9. The quantitative estimate of drug-likeness (QED) is 0.442. The van der Waals surface area contributed by atoms with Gasteiger partial charge in [-0.15, -0.1) is 0 Å². The minimum Gasteiger partial charge on any atom is -0.491 e. The molecule has 33 heavy (non-hydrogen) atoms. The van der Waals surface area contributed by atoms with Crippen molar-refractivity contribution in [3.05, 3.63) is 65.4 Å². The topological polar surface area (TPSA) is 97.7 Å². The molecule has 1 fully saturated rings. The number of fused-ring (bicyclic) bond motifs is 1. The third-order valence-corrected chi connectivity index (χ3v) is 7.53. The number of hydrogen-bond acceptors (Lipinski definition) is 4. The van der Waals surface area contributed by atoms with Gasteiger partial charge in [-0.1, -0.05) is 37.3 Å². The number of piperidine rings is 1. The van der Waals surface area contributed by atoms with Crippen molar-refractivity contribution in [2.45, 2.75) is 32.3 Å². The maximum atomic E-state index is 12.1. The number of primary amides is 1. The van der Waals surface area contributed by atoms with E-state index in [1.165, 1.54) is 0 Å². The molecule has 0 bridgehead atoms. The number of aromatic nitrogens is 1. The number of aromatic amines is 1. The number of carbonyl (C=O) groups is 1. The molecule has 8 heteroatoms. The van der Waals surface area contributed by atoms with Crippen molar-refractivity contribution in [3.63, 3.8) is 0 Å². The molecule has 2 aromatic carbocycles. The van der Waals surface area contributed by atoms with Crippen LogP contribution >= 0.6 is 0 Å². The largest absolute Gasteiger partial charge is 0.491 e. The summed E-state index contributed by atoms with van der Waals surface area (Å²) >= 11 is 0. The lowest BCUT2D eigenvalue weighted by molar-refractivity contribution is 0.0888. The highest BCUT2D eigenvalue weighted by molar-refractivity contribution is 7.82. The smallest absolute Gasteiger partial charge is 0.250 e. The number of nitrogens with two attached hydrogens (primary N) is 1. The summed E-state index contributed by atoms with van der Waals surface area (Å²) in [6.45, 7) is 4.88. The Morgan fingerprint density at radius 2 is 1.94 bits per heavy atom. The number of carbonyl (C=O) groups excluding carboxylic acids is 1. The number of nitrogens with one attached hydrogen (secondary N) is 1. The molecule has 0 saturated carbocycles. The molecule has 2 heterocycles. The number of nitrogens with zero attached hydrogens (tertiary/aromatic N) is 1. The van der Waals surface area contributed by atoms with Crippen molar-refractivity contribution in [2.75, 3.05) is 32.1 Å². The Morgan fingerprint density at radius 1 is 1.18 bits per heavy atom. The van der Waals surface area contributed by atoms with Crippen LogP contribution < -0.4 is 10.5 Å². The number of rotatable bonds is 10. The van der Waals surface area contributed by atoms with Gasteiger partial charge in [0.05, 0.1) is 35.3 Å². The molecule has 3 N–H and O–H groups in total. The van der Waals surface area contributed by atoms with Gasteiger partial charge in [-0.2, -0.15) is 0 Å². The van der Waals surface area contributed by atoms with Crippen LogP contribution in [-0.4, -0.2) is 51.5 Å². The van der Waals surface area contributed by atoms with Crippen LogP contribution in [0.2, 0.25) is 0 Å². The van der Waals surface area contributed by atoms with Crippen LogP contribution in [0.1, 0.15) is 47.2 Å². The Morgan fingerprint density at radius 3 is 2.64 bits per heavy atom. The zero-order chi connectivity index (χ0) is 23.2. The van der Waals surface area contributed by atoms with Crippen LogP contribution in [-0.2, 0) is 22.3 Å². The van der Waals surface area contributed by atoms with Gasteiger partial charge in [0.2, 0.25) is 0 Å². The third-order valence-electron chi connectivity index (χ3n) is 6.10. The Hall–Kier alpha value is -2.68. The van der Waals surface area contributed by atoms with E-state index in [-0.39, 0.29) is 0 Å². The summed E-state index contributed by atoms with van der Waals surface area (Å²) in [6, 6.07) is 13.6. The van der Waals surface area contributed by atoms with E-state index in [1.807, 2.05) is 53.8 Å². The van der Waals surface area contributed by atoms with E-state index < -0.39 is 16.9 Å². The summed E-state index contributed by atoms with van der Waals surface area (Å²) in [5, 5.41) is 0.960. The molecular formula is C25H31N3O4S. The van der Waals surface area contributed by atoms with E-state index in [2.05, 4.69) is 4.98 Å². The molecule has 1 amide bonds. The Kier molecular flexibility index (Phi) is 7.80. The van der Waals surface area contributed by atoms with E-state index in [9.17, 15) is 9.00 Å². The second-order valence-corrected chi connectivity index (χ2v) is 9.94. The number of hydrogen-bond donors (Lipinski definition) is 2. The molecule has 4 rings (SSSR count). The summed E-state index contributed by atoms with van der Waals surface area (Å²) < 4.78 is 25.8. The van der Waals surface area contributed by atoms with E-state index in [0.29, 0.717) is 42.8 Å². The highest BCUT2D eigenvalue weighted by Gasteiger charge is 2.26. The van der Waals surface area contributed by atoms with E-state index >= 15 is 0 Å². The second kappa shape index (κ2) is 11.0. The van der Waals surface area contributed by atoms with Crippen LogP contribution in [0.5, 0.6) is 5.75 Å². The van der Waals surface area contributed by atoms with Gasteiger partial charge < -0.3 is 20.2 Å². The maximum Gasteiger partial charge on any atom is 0.250 e. The lowest BCUT2D eigenvalue weighted by Gasteiger charge is -2.30. The van der Waals surface area contributed by atoms with Gasteiger partial charge in [0.15, 0.2) is 0 Å².